The van der Waals surface area contributed by atoms with Crippen LogP contribution in [0.5, 0.6) is 0 Å². The van der Waals surface area contributed by atoms with Crippen molar-refractivity contribution in [2.24, 2.45) is 5.41 Å². The SMILES string of the molecule is CNCC1(C)CCN(Cc2ccc(Br)cc2Cl)C1. The fourth-order valence-electron chi connectivity index (χ4n) is 2.72. The van der Waals surface area contributed by atoms with Crippen molar-refractivity contribution in [2.75, 3.05) is 26.7 Å². The Hall–Kier alpha value is -0.0900. The first kappa shape index (κ1) is 14.3. The highest BCUT2D eigenvalue weighted by molar-refractivity contribution is 9.10. The van der Waals surface area contributed by atoms with Crippen molar-refractivity contribution in [2.45, 2.75) is 19.9 Å². The van der Waals surface area contributed by atoms with Gasteiger partial charge in [-0.25, -0.2) is 0 Å². The van der Waals surface area contributed by atoms with Crippen LogP contribution >= 0.6 is 27.5 Å². The molecule has 1 fully saturated rings. The lowest BCUT2D eigenvalue weighted by molar-refractivity contribution is 0.265. The van der Waals surface area contributed by atoms with E-state index in [9.17, 15) is 0 Å². The normalized spacial score (nSPS) is 24.7. The van der Waals surface area contributed by atoms with Crippen LogP contribution in [0.15, 0.2) is 22.7 Å². The summed E-state index contributed by atoms with van der Waals surface area (Å²) in [4.78, 5) is 2.49. The van der Waals surface area contributed by atoms with Gasteiger partial charge in [-0.1, -0.05) is 40.5 Å². The largest absolute Gasteiger partial charge is 0.319 e. The van der Waals surface area contributed by atoms with Gasteiger partial charge in [0.25, 0.3) is 0 Å². The van der Waals surface area contributed by atoms with Crippen LogP contribution in [0.25, 0.3) is 0 Å². The first-order chi connectivity index (χ1) is 8.52. The summed E-state index contributed by atoms with van der Waals surface area (Å²) in [5, 5.41) is 4.15. The Bertz CT molecular complexity index is 424. The van der Waals surface area contributed by atoms with E-state index >= 15 is 0 Å². The molecule has 1 N–H and O–H groups in total. The number of nitrogens with one attached hydrogen (secondary N) is 1. The van der Waals surface area contributed by atoms with Crippen molar-refractivity contribution in [3.63, 3.8) is 0 Å². The van der Waals surface area contributed by atoms with Gasteiger partial charge in [0.05, 0.1) is 0 Å². The molecule has 1 saturated heterocycles. The Morgan fingerprint density at radius 3 is 2.94 bits per heavy atom. The standard InChI is InChI=1S/C14H20BrClN2/c1-14(9-17-2)5-6-18(10-14)8-11-3-4-12(15)7-13(11)16/h3-4,7,17H,5-6,8-10H2,1-2H3. The second-order valence-electron chi connectivity index (χ2n) is 5.54. The second kappa shape index (κ2) is 5.91. The molecule has 1 heterocycles. The van der Waals surface area contributed by atoms with Crippen molar-refractivity contribution < 1.29 is 0 Å². The van der Waals surface area contributed by atoms with Gasteiger partial charge in [-0.2, -0.15) is 0 Å². The summed E-state index contributed by atoms with van der Waals surface area (Å²) in [6.45, 7) is 6.68. The summed E-state index contributed by atoms with van der Waals surface area (Å²) < 4.78 is 1.04. The monoisotopic (exact) mass is 330 g/mol. The molecule has 0 radical (unpaired) electrons. The fraction of sp³-hybridized carbons (Fsp3) is 0.571. The molecule has 0 aliphatic carbocycles. The Balaban J connectivity index is 1.99. The minimum atomic E-state index is 0.399. The Kier molecular flexibility index (Phi) is 4.70. The first-order valence-corrected chi connectivity index (χ1v) is 7.50. The van der Waals surface area contributed by atoms with Crippen LogP contribution in [-0.2, 0) is 6.54 Å². The lowest BCUT2D eigenvalue weighted by Crippen LogP contribution is -2.32. The highest BCUT2D eigenvalue weighted by Crippen LogP contribution is 2.31. The summed E-state index contributed by atoms with van der Waals surface area (Å²) in [5.41, 5.74) is 1.62. The van der Waals surface area contributed by atoms with Gasteiger partial charge in [0.1, 0.15) is 0 Å². The summed E-state index contributed by atoms with van der Waals surface area (Å²) in [5.74, 6) is 0. The van der Waals surface area contributed by atoms with Crippen LogP contribution in [0.1, 0.15) is 18.9 Å². The van der Waals surface area contributed by atoms with Gasteiger partial charge in [0.2, 0.25) is 0 Å². The molecule has 2 rings (SSSR count). The van der Waals surface area contributed by atoms with E-state index in [2.05, 4.69) is 45.2 Å². The summed E-state index contributed by atoms with van der Waals surface area (Å²) >= 11 is 9.71. The van der Waals surface area contributed by atoms with Crippen molar-refractivity contribution in [1.29, 1.82) is 0 Å². The van der Waals surface area contributed by atoms with Gasteiger partial charge in [0, 0.05) is 29.1 Å². The zero-order valence-corrected chi connectivity index (χ0v) is 13.3. The third kappa shape index (κ3) is 3.47. The Morgan fingerprint density at radius 2 is 2.28 bits per heavy atom. The molecule has 1 atom stereocenters. The van der Waals surface area contributed by atoms with Gasteiger partial charge in [-0.15, -0.1) is 0 Å². The number of likely N-dealkylation sites (tertiary alicyclic amines) is 1. The molecule has 1 aliphatic rings. The van der Waals surface area contributed by atoms with Gasteiger partial charge in [0.15, 0.2) is 0 Å². The smallest absolute Gasteiger partial charge is 0.0462 e. The second-order valence-corrected chi connectivity index (χ2v) is 6.86. The molecule has 0 aromatic heterocycles. The summed E-state index contributed by atoms with van der Waals surface area (Å²) in [6, 6.07) is 6.14. The topological polar surface area (TPSA) is 15.3 Å². The van der Waals surface area contributed by atoms with Crippen LogP contribution < -0.4 is 5.32 Å². The number of rotatable bonds is 4. The van der Waals surface area contributed by atoms with E-state index in [0.717, 1.165) is 35.7 Å². The molecule has 0 spiro atoms. The minimum absolute atomic E-state index is 0.399. The van der Waals surface area contributed by atoms with Gasteiger partial charge in [-0.3, -0.25) is 4.90 Å². The maximum Gasteiger partial charge on any atom is 0.0462 e. The average Bonchev–Trinajstić information content (AvgIpc) is 2.65. The van der Waals surface area contributed by atoms with Crippen LogP contribution in [0.2, 0.25) is 5.02 Å². The van der Waals surface area contributed by atoms with E-state index in [1.807, 2.05) is 13.1 Å². The summed E-state index contributed by atoms with van der Waals surface area (Å²) in [7, 11) is 2.03. The maximum atomic E-state index is 6.27. The molecule has 1 unspecified atom stereocenters. The third-order valence-corrected chi connectivity index (χ3v) is 4.49. The van der Waals surface area contributed by atoms with Gasteiger partial charge in [-0.05, 0) is 43.1 Å². The highest BCUT2D eigenvalue weighted by atomic mass is 79.9. The van der Waals surface area contributed by atoms with Crippen molar-refractivity contribution in [3.05, 3.63) is 33.3 Å². The minimum Gasteiger partial charge on any atom is -0.319 e. The van der Waals surface area contributed by atoms with Crippen LogP contribution in [-0.4, -0.2) is 31.6 Å². The van der Waals surface area contributed by atoms with Crippen molar-refractivity contribution >= 4 is 27.5 Å². The number of benzene rings is 1. The predicted molar refractivity (Wildman–Crippen MR) is 81.1 cm³/mol. The van der Waals surface area contributed by atoms with Gasteiger partial charge < -0.3 is 5.32 Å². The van der Waals surface area contributed by atoms with Gasteiger partial charge >= 0.3 is 0 Å². The van der Waals surface area contributed by atoms with E-state index in [1.165, 1.54) is 12.0 Å². The first-order valence-electron chi connectivity index (χ1n) is 6.33. The number of hydrogen-bond donors (Lipinski definition) is 1. The Labute approximate surface area is 123 Å². The molecule has 100 valence electrons. The van der Waals surface area contributed by atoms with Crippen LogP contribution in [0.3, 0.4) is 0 Å². The van der Waals surface area contributed by atoms with Crippen molar-refractivity contribution in [1.82, 2.24) is 10.2 Å². The fourth-order valence-corrected chi connectivity index (χ4v) is 3.46. The Morgan fingerprint density at radius 1 is 1.50 bits per heavy atom. The molecular formula is C14H20BrClN2. The quantitative estimate of drug-likeness (QED) is 0.908. The molecule has 1 aromatic rings. The zero-order chi connectivity index (χ0) is 13.2. The lowest BCUT2D eigenvalue weighted by Gasteiger charge is -2.24. The molecular weight excluding hydrogens is 312 g/mol. The molecule has 4 heteroatoms. The van der Waals surface area contributed by atoms with E-state index in [0.29, 0.717) is 5.41 Å². The number of hydrogen-bond acceptors (Lipinski definition) is 2. The maximum absolute atomic E-state index is 6.27. The molecule has 0 saturated carbocycles. The number of nitrogens with zero attached hydrogens (tertiary/aromatic N) is 1. The molecule has 18 heavy (non-hydrogen) atoms. The third-order valence-electron chi connectivity index (χ3n) is 3.65. The predicted octanol–water partition coefficient (Wildman–Crippen LogP) is 3.53. The average molecular weight is 332 g/mol. The molecule has 2 nitrogen and oxygen atoms in total. The van der Waals surface area contributed by atoms with E-state index < -0.39 is 0 Å². The number of halogens is 2. The van der Waals surface area contributed by atoms with E-state index in [-0.39, 0.29) is 0 Å². The zero-order valence-electron chi connectivity index (χ0n) is 11.0. The summed E-state index contributed by atoms with van der Waals surface area (Å²) in [6.07, 6.45) is 1.25. The lowest BCUT2D eigenvalue weighted by atomic mass is 9.90. The molecule has 0 amide bonds. The molecule has 0 bridgehead atoms. The van der Waals surface area contributed by atoms with Crippen LogP contribution in [0, 0.1) is 5.41 Å². The van der Waals surface area contributed by atoms with Crippen LogP contribution in [0.4, 0.5) is 0 Å². The van der Waals surface area contributed by atoms with Crippen molar-refractivity contribution in [3.8, 4) is 0 Å². The van der Waals surface area contributed by atoms with E-state index in [4.69, 9.17) is 11.6 Å². The highest BCUT2D eigenvalue weighted by Gasteiger charge is 2.33. The molecule has 1 aromatic carbocycles. The molecule has 1 aliphatic heterocycles. The van der Waals surface area contributed by atoms with E-state index in [1.54, 1.807) is 0 Å².